The van der Waals surface area contributed by atoms with Gasteiger partial charge in [0.25, 0.3) is 0 Å². The number of thiazole rings is 1. The molecule has 0 aliphatic rings. The molecule has 0 atom stereocenters. The molecule has 0 saturated carbocycles. The Morgan fingerprint density at radius 1 is 1.13 bits per heavy atom. The molecule has 0 bridgehead atoms. The van der Waals surface area contributed by atoms with Crippen molar-refractivity contribution in [1.29, 1.82) is 0 Å². The van der Waals surface area contributed by atoms with Crippen molar-refractivity contribution >= 4 is 11.3 Å². The highest BCUT2D eigenvalue weighted by molar-refractivity contribution is 7.07. The number of aryl methyl sites for hydroxylation is 1. The van der Waals surface area contributed by atoms with E-state index in [1.54, 1.807) is 23.7 Å². The quantitative estimate of drug-likeness (QED) is 0.849. The van der Waals surface area contributed by atoms with Crippen molar-refractivity contribution < 1.29 is 0 Å². The third kappa shape index (κ3) is 3.07. The fourth-order valence-electron chi connectivity index (χ4n) is 1.15. The fourth-order valence-corrected chi connectivity index (χ4v) is 1.71. The van der Waals surface area contributed by atoms with E-state index in [2.05, 4.69) is 20.3 Å². The van der Waals surface area contributed by atoms with Crippen LogP contribution in [-0.4, -0.2) is 15.0 Å². The smallest absolute Gasteiger partial charge is 0.0795 e. The van der Waals surface area contributed by atoms with E-state index in [-0.39, 0.29) is 0 Å². The molecule has 2 aromatic heterocycles. The van der Waals surface area contributed by atoms with E-state index in [4.69, 9.17) is 0 Å². The van der Waals surface area contributed by atoms with E-state index >= 15 is 0 Å². The highest BCUT2D eigenvalue weighted by Crippen LogP contribution is 2.00. The summed E-state index contributed by atoms with van der Waals surface area (Å²) >= 11 is 1.61. The zero-order chi connectivity index (χ0) is 10.5. The molecule has 0 unspecified atom stereocenters. The van der Waals surface area contributed by atoms with E-state index in [9.17, 15) is 0 Å². The van der Waals surface area contributed by atoms with Gasteiger partial charge in [-0.15, -0.1) is 11.3 Å². The van der Waals surface area contributed by atoms with Gasteiger partial charge < -0.3 is 5.32 Å². The van der Waals surface area contributed by atoms with Crippen LogP contribution < -0.4 is 5.32 Å². The van der Waals surface area contributed by atoms with Crippen LogP contribution in [0.3, 0.4) is 0 Å². The minimum atomic E-state index is 0.727. The summed E-state index contributed by atoms with van der Waals surface area (Å²) in [6.07, 6.45) is 3.57. The first-order valence-electron chi connectivity index (χ1n) is 4.70. The van der Waals surface area contributed by atoms with Gasteiger partial charge in [0.2, 0.25) is 0 Å². The SMILES string of the molecule is Cc1cnc(CNCc2cscn2)cn1. The number of hydrogen-bond acceptors (Lipinski definition) is 5. The van der Waals surface area contributed by atoms with Crippen LogP contribution in [0.15, 0.2) is 23.3 Å². The fraction of sp³-hybridized carbons (Fsp3) is 0.300. The Labute approximate surface area is 92.4 Å². The number of hydrogen-bond donors (Lipinski definition) is 1. The Bertz CT molecular complexity index is 396. The summed E-state index contributed by atoms with van der Waals surface area (Å²) in [6.45, 7) is 3.43. The molecular weight excluding hydrogens is 208 g/mol. The monoisotopic (exact) mass is 220 g/mol. The van der Waals surface area contributed by atoms with Gasteiger partial charge in [-0.1, -0.05) is 0 Å². The first kappa shape index (κ1) is 10.2. The van der Waals surface area contributed by atoms with Gasteiger partial charge in [0.1, 0.15) is 0 Å². The van der Waals surface area contributed by atoms with E-state index in [1.807, 2.05) is 17.8 Å². The number of nitrogens with zero attached hydrogens (tertiary/aromatic N) is 3. The highest BCUT2D eigenvalue weighted by atomic mass is 32.1. The molecule has 0 saturated heterocycles. The molecule has 5 heteroatoms. The molecule has 78 valence electrons. The summed E-state index contributed by atoms with van der Waals surface area (Å²) in [5.41, 5.74) is 4.80. The van der Waals surface area contributed by atoms with Crippen molar-refractivity contribution in [2.24, 2.45) is 0 Å². The third-order valence-electron chi connectivity index (χ3n) is 1.93. The predicted molar refractivity (Wildman–Crippen MR) is 59.4 cm³/mol. The molecular formula is C10H12N4S. The summed E-state index contributed by atoms with van der Waals surface area (Å²) in [7, 11) is 0. The normalized spacial score (nSPS) is 10.5. The lowest BCUT2D eigenvalue weighted by atomic mass is 10.4. The van der Waals surface area contributed by atoms with Gasteiger partial charge in [-0.2, -0.15) is 0 Å². The molecule has 15 heavy (non-hydrogen) atoms. The molecule has 2 rings (SSSR count). The molecule has 2 heterocycles. The Balaban J connectivity index is 1.81. The molecule has 0 fully saturated rings. The molecule has 0 amide bonds. The maximum Gasteiger partial charge on any atom is 0.0795 e. The summed E-state index contributed by atoms with van der Waals surface area (Å²) < 4.78 is 0. The molecule has 0 aromatic carbocycles. The van der Waals surface area contributed by atoms with E-state index in [0.29, 0.717) is 0 Å². The van der Waals surface area contributed by atoms with Crippen molar-refractivity contribution in [2.75, 3.05) is 0 Å². The standard InChI is InChI=1S/C10H12N4S/c1-8-2-13-9(5-12-8)3-11-4-10-6-15-7-14-10/h2,5-7,11H,3-4H2,1H3. The highest BCUT2D eigenvalue weighted by Gasteiger charge is 1.96. The van der Waals surface area contributed by atoms with Gasteiger partial charge in [0.05, 0.1) is 22.6 Å². The Hall–Kier alpha value is -1.33. The van der Waals surface area contributed by atoms with Crippen LogP contribution >= 0.6 is 11.3 Å². The van der Waals surface area contributed by atoms with Crippen molar-refractivity contribution in [3.05, 3.63) is 40.4 Å². The van der Waals surface area contributed by atoms with Crippen LogP contribution in [0.5, 0.6) is 0 Å². The first-order chi connectivity index (χ1) is 7.34. The zero-order valence-electron chi connectivity index (χ0n) is 8.47. The van der Waals surface area contributed by atoms with Crippen molar-refractivity contribution in [1.82, 2.24) is 20.3 Å². The second-order valence-electron chi connectivity index (χ2n) is 3.23. The topological polar surface area (TPSA) is 50.7 Å². The van der Waals surface area contributed by atoms with Crippen molar-refractivity contribution in [3.8, 4) is 0 Å². The Morgan fingerprint density at radius 2 is 2.00 bits per heavy atom. The van der Waals surface area contributed by atoms with Crippen molar-refractivity contribution in [3.63, 3.8) is 0 Å². The maximum atomic E-state index is 4.25. The minimum Gasteiger partial charge on any atom is -0.305 e. The minimum absolute atomic E-state index is 0.727. The van der Waals surface area contributed by atoms with Crippen LogP contribution in [0.4, 0.5) is 0 Å². The Morgan fingerprint density at radius 3 is 2.67 bits per heavy atom. The van der Waals surface area contributed by atoms with Crippen molar-refractivity contribution in [2.45, 2.75) is 20.0 Å². The zero-order valence-corrected chi connectivity index (χ0v) is 9.29. The number of nitrogens with one attached hydrogen (secondary N) is 1. The average molecular weight is 220 g/mol. The largest absolute Gasteiger partial charge is 0.305 e. The van der Waals surface area contributed by atoms with Gasteiger partial charge in [-0.05, 0) is 6.92 Å². The third-order valence-corrected chi connectivity index (χ3v) is 2.57. The summed E-state index contributed by atoms with van der Waals surface area (Å²) in [6, 6.07) is 0. The van der Waals surface area contributed by atoms with Crippen LogP contribution in [0.25, 0.3) is 0 Å². The lowest BCUT2D eigenvalue weighted by molar-refractivity contribution is 0.666. The average Bonchev–Trinajstić information content (AvgIpc) is 2.74. The van der Waals surface area contributed by atoms with Gasteiger partial charge in [0, 0.05) is 30.9 Å². The molecule has 0 aliphatic heterocycles. The molecule has 0 aliphatic carbocycles. The van der Waals surface area contributed by atoms with Gasteiger partial charge in [-0.25, -0.2) is 4.98 Å². The molecule has 4 nitrogen and oxygen atoms in total. The van der Waals surface area contributed by atoms with Crippen LogP contribution in [0.1, 0.15) is 17.1 Å². The van der Waals surface area contributed by atoms with Crippen LogP contribution in [0.2, 0.25) is 0 Å². The molecule has 2 aromatic rings. The van der Waals surface area contributed by atoms with Crippen LogP contribution in [-0.2, 0) is 13.1 Å². The van der Waals surface area contributed by atoms with E-state index in [1.165, 1.54) is 0 Å². The summed E-state index contributed by atoms with van der Waals surface area (Å²) in [5.74, 6) is 0. The lowest BCUT2D eigenvalue weighted by Gasteiger charge is -2.01. The van der Waals surface area contributed by atoms with E-state index < -0.39 is 0 Å². The Kier molecular flexibility index (Phi) is 3.37. The van der Waals surface area contributed by atoms with Crippen LogP contribution in [0, 0.1) is 6.92 Å². The summed E-state index contributed by atoms with van der Waals surface area (Å²) in [4.78, 5) is 12.6. The molecule has 0 spiro atoms. The first-order valence-corrected chi connectivity index (χ1v) is 5.64. The maximum absolute atomic E-state index is 4.25. The van der Waals surface area contributed by atoms with Gasteiger partial charge >= 0.3 is 0 Å². The predicted octanol–water partition coefficient (Wildman–Crippen LogP) is 1.53. The molecule has 1 N–H and O–H groups in total. The second-order valence-corrected chi connectivity index (χ2v) is 3.95. The molecule has 0 radical (unpaired) electrons. The number of aromatic nitrogens is 3. The van der Waals surface area contributed by atoms with E-state index in [0.717, 1.165) is 30.2 Å². The second kappa shape index (κ2) is 4.95. The summed E-state index contributed by atoms with van der Waals surface area (Å²) in [5, 5.41) is 5.30. The lowest BCUT2D eigenvalue weighted by Crippen LogP contribution is -2.14. The number of rotatable bonds is 4. The van der Waals surface area contributed by atoms with Gasteiger partial charge in [-0.3, -0.25) is 9.97 Å². The van der Waals surface area contributed by atoms with Gasteiger partial charge in [0.15, 0.2) is 0 Å².